The highest BCUT2D eigenvalue weighted by molar-refractivity contribution is 7.99. The molecule has 0 N–H and O–H groups in total. The van der Waals surface area contributed by atoms with Gasteiger partial charge in [-0.15, -0.1) is 23.1 Å². The summed E-state index contributed by atoms with van der Waals surface area (Å²) in [5, 5.41) is 0.186. The molecule has 0 spiro atoms. The maximum absolute atomic E-state index is 12.6. The van der Waals surface area contributed by atoms with Gasteiger partial charge in [0.25, 0.3) is 5.91 Å². The highest BCUT2D eigenvalue weighted by Gasteiger charge is 2.31. The van der Waals surface area contributed by atoms with Crippen LogP contribution in [0.3, 0.4) is 0 Å². The lowest BCUT2D eigenvalue weighted by Crippen LogP contribution is -2.29. The molecule has 98 valence electrons. The van der Waals surface area contributed by atoms with Crippen molar-refractivity contribution in [2.45, 2.75) is 12.3 Å². The van der Waals surface area contributed by atoms with Crippen molar-refractivity contribution in [3.8, 4) is 0 Å². The molecule has 1 aromatic heterocycles. The molecule has 0 bridgehead atoms. The zero-order chi connectivity index (χ0) is 13.2. The molecule has 2 nitrogen and oxygen atoms in total. The van der Waals surface area contributed by atoms with Gasteiger partial charge in [-0.1, -0.05) is 18.2 Å². The standard InChI is InChI=1S/C15H15NOS2/c1-11-7-8-13(19-11)15-16(9-10-18-15)14(17)12-5-3-2-4-6-12/h2-8,15H,9-10H2,1H3. The molecular formula is C15H15NOS2. The number of amides is 1. The molecule has 1 atom stereocenters. The highest BCUT2D eigenvalue weighted by atomic mass is 32.2. The van der Waals surface area contributed by atoms with Crippen molar-refractivity contribution in [3.05, 3.63) is 57.8 Å². The average Bonchev–Trinajstić information content (AvgIpc) is 3.07. The van der Waals surface area contributed by atoms with Crippen molar-refractivity contribution in [3.63, 3.8) is 0 Å². The van der Waals surface area contributed by atoms with E-state index < -0.39 is 0 Å². The number of thiophene rings is 1. The molecule has 1 saturated heterocycles. The van der Waals surface area contributed by atoms with E-state index in [1.165, 1.54) is 9.75 Å². The molecule has 3 rings (SSSR count). The first-order valence-electron chi connectivity index (χ1n) is 6.29. The van der Waals surface area contributed by atoms with Gasteiger partial charge < -0.3 is 4.90 Å². The highest BCUT2D eigenvalue weighted by Crippen LogP contribution is 2.41. The fourth-order valence-corrected chi connectivity index (χ4v) is 4.62. The predicted molar refractivity (Wildman–Crippen MR) is 81.7 cm³/mol. The molecule has 1 aliphatic heterocycles. The molecule has 0 aliphatic carbocycles. The van der Waals surface area contributed by atoms with Crippen LogP contribution in [0.15, 0.2) is 42.5 Å². The third kappa shape index (κ3) is 2.55. The summed E-state index contributed by atoms with van der Waals surface area (Å²) in [5.41, 5.74) is 0.781. The molecule has 2 aromatic rings. The number of rotatable bonds is 2. The van der Waals surface area contributed by atoms with E-state index in [-0.39, 0.29) is 11.3 Å². The van der Waals surface area contributed by atoms with Crippen LogP contribution in [0.4, 0.5) is 0 Å². The number of hydrogen-bond acceptors (Lipinski definition) is 3. The summed E-state index contributed by atoms with van der Waals surface area (Å²) >= 11 is 3.64. The Morgan fingerprint density at radius 2 is 2.00 bits per heavy atom. The van der Waals surface area contributed by atoms with E-state index >= 15 is 0 Å². The molecule has 0 radical (unpaired) electrons. The Labute approximate surface area is 121 Å². The van der Waals surface area contributed by atoms with Crippen LogP contribution < -0.4 is 0 Å². The molecule has 1 aliphatic rings. The second kappa shape index (κ2) is 5.39. The first-order valence-corrected chi connectivity index (χ1v) is 8.16. The first-order chi connectivity index (χ1) is 9.25. The van der Waals surface area contributed by atoms with Crippen LogP contribution in [0.25, 0.3) is 0 Å². The Balaban J connectivity index is 1.86. The number of carbonyl (C=O) groups is 1. The van der Waals surface area contributed by atoms with Gasteiger partial charge in [0.05, 0.1) is 0 Å². The summed E-state index contributed by atoms with van der Waals surface area (Å²) in [6.45, 7) is 2.94. The maximum Gasteiger partial charge on any atom is 0.255 e. The zero-order valence-corrected chi connectivity index (χ0v) is 12.3. The predicted octanol–water partition coefficient (Wildman–Crippen LogP) is 3.94. The van der Waals surface area contributed by atoms with Crippen LogP contribution >= 0.6 is 23.1 Å². The van der Waals surface area contributed by atoms with Gasteiger partial charge in [0.2, 0.25) is 0 Å². The molecule has 2 heterocycles. The monoisotopic (exact) mass is 289 g/mol. The quantitative estimate of drug-likeness (QED) is 0.834. The topological polar surface area (TPSA) is 20.3 Å². The molecule has 0 saturated carbocycles. The molecule has 1 amide bonds. The lowest BCUT2D eigenvalue weighted by atomic mass is 10.2. The van der Waals surface area contributed by atoms with E-state index in [1.54, 1.807) is 11.3 Å². The van der Waals surface area contributed by atoms with Gasteiger partial charge in [-0.25, -0.2) is 0 Å². The third-order valence-corrected chi connectivity index (χ3v) is 5.62. The second-order valence-corrected chi connectivity index (χ2v) is 7.04. The van der Waals surface area contributed by atoms with Crippen molar-refractivity contribution < 1.29 is 4.79 Å². The lowest BCUT2D eigenvalue weighted by Gasteiger charge is -2.23. The molecule has 1 unspecified atom stereocenters. The van der Waals surface area contributed by atoms with E-state index in [9.17, 15) is 4.79 Å². The van der Waals surface area contributed by atoms with Gasteiger partial charge in [0.1, 0.15) is 5.37 Å². The minimum Gasteiger partial charge on any atom is -0.321 e. The van der Waals surface area contributed by atoms with Crippen molar-refractivity contribution in [1.29, 1.82) is 0 Å². The Morgan fingerprint density at radius 3 is 2.68 bits per heavy atom. The van der Waals surface area contributed by atoms with Crippen LogP contribution in [-0.4, -0.2) is 23.1 Å². The summed E-state index contributed by atoms with van der Waals surface area (Å²) in [6, 6.07) is 13.8. The number of aryl methyl sites for hydroxylation is 1. The van der Waals surface area contributed by atoms with Crippen LogP contribution in [-0.2, 0) is 0 Å². The van der Waals surface area contributed by atoms with Crippen molar-refractivity contribution in [2.75, 3.05) is 12.3 Å². The van der Waals surface area contributed by atoms with Crippen molar-refractivity contribution in [2.24, 2.45) is 0 Å². The summed E-state index contributed by atoms with van der Waals surface area (Å²) in [4.78, 5) is 17.1. The molecule has 1 aromatic carbocycles. The van der Waals surface area contributed by atoms with Gasteiger partial charge >= 0.3 is 0 Å². The van der Waals surface area contributed by atoms with Crippen LogP contribution in [0, 0.1) is 6.92 Å². The first kappa shape index (κ1) is 12.8. The van der Waals surface area contributed by atoms with Gasteiger partial charge in [-0.05, 0) is 31.2 Å². The summed E-state index contributed by atoms with van der Waals surface area (Å²) in [6.07, 6.45) is 0. The minimum absolute atomic E-state index is 0.140. The van der Waals surface area contributed by atoms with E-state index in [1.807, 2.05) is 47.0 Å². The van der Waals surface area contributed by atoms with Crippen LogP contribution in [0.5, 0.6) is 0 Å². The van der Waals surface area contributed by atoms with Crippen molar-refractivity contribution in [1.82, 2.24) is 4.90 Å². The van der Waals surface area contributed by atoms with Crippen LogP contribution in [0.1, 0.15) is 25.5 Å². The Morgan fingerprint density at radius 1 is 1.21 bits per heavy atom. The van der Waals surface area contributed by atoms with E-state index in [2.05, 4.69) is 19.1 Å². The third-order valence-electron chi connectivity index (χ3n) is 3.18. The second-order valence-electron chi connectivity index (χ2n) is 4.54. The Kier molecular flexibility index (Phi) is 3.62. The Hall–Kier alpha value is -1.26. The number of thioether (sulfide) groups is 1. The maximum atomic E-state index is 12.6. The van der Waals surface area contributed by atoms with Gasteiger partial charge in [-0.2, -0.15) is 0 Å². The largest absolute Gasteiger partial charge is 0.321 e. The Bertz CT molecular complexity index is 579. The number of benzene rings is 1. The number of hydrogen-bond donors (Lipinski definition) is 0. The number of carbonyl (C=O) groups excluding carboxylic acids is 1. The van der Waals surface area contributed by atoms with Crippen molar-refractivity contribution >= 4 is 29.0 Å². The molecule has 1 fully saturated rings. The summed E-state index contributed by atoms with van der Waals surface area (Å²) in [7, 11) is 0. The van der Waals surface area contributed by atoms with E-state index in [0.717, 1.165) is 17.9 Å². The normalized spacial score (nSPS) is 18.8. The summed E-state index contributed by atoms with van der Waals surface area (Å²) < 4.78 is 0. The zero-order valence-electron chi connectivity index (χ0n) is 10.7. The van der Waals surface area contributed by atoms with Gasteiger partial charge in [0.15, 0.2) is 0 Å². The summed E-state index contributed by atoms with van der Waals surface area (Å²) in [5.74, 6) is 1.15. The fraction of sp³-hybridized carbons (Fsp3) is 0.267. The fourth-order valence-electron chi connectivity index (χ4n) is 2.25. The molecule has 19 heavy (non-hydrogen) atoms. The molecular weight excluding hydrogens is 274 g/mol. The minimum atomic E-state index is 0.140. The number of nitrogens with zero attached hydrogens (tertiary/aromatic N) is 1. The average molecular weight is 289 g/mol. The molecule has 4 heteroatoms. The van der Waals surface area contributed by atoms with Gasteiger partial charge in [0, 0.05) is 27.6 Å². The smallest absolute Gasteiger partial charge is 0.255 e. The lowest BCUT2D eigenvalue weighted by molar-refractivity contribution is 0.0762. The van der Waals surface area contributed by atoms with E-state index in [4.69, 9.17) is 0 Å². The van der Waals surface area contributed by atoms with Gasteiger partial charge in [-0.3, -0.25) is 4.79 Å². The van der Waals surface area contributed by atoms with E-state index in [0.29, 0.717) is 0 Å². The van der Waals surface area contributed by atoms with Crippen LogP contribution in [0.2, 0.25) is 0 Å². The SMILES string of the molecule is Cc1ccc(C2SCCN2C(=O)c2ccccc2)s1.